The van der Waals surface area contributed by atoms with E-state index in [0.717, 1.165) is 11.8 Å². The summed E-state index contributed by atoms with van der Waals surface area (Å²) in [5.74, 6) is -1.18. The Kier molecular flexibility index (Phi) is 5.05. The molecule has 2 aromatic rings. The average Bonchev–Trinajstić information content (AvgIpc) is 3.01. The number of ether oxygens (including phenoxy) is 1. The number of anilines is 1. The number of benzene rings is 1. The van der Waals surface area contributed by atoms with E-state index >= 15 is 0 Å². The standard InChI is InChI=1S/C19H20FN5O3/c1-19(2,3)28-18(27)24-6-7-25-13(11-24)9-16(23-25)22-17(26)14-8-12(10-21)4-5-15(14)20/h4-5,8-9H,6-7,11H2,1-3H3,(H,22,23,26). The van der Waals surface area contributed by atoms with Crippen molar-refractivity contribution in [2.75, 3.05) is 11.9 Å². The third kappa shape index (κ3) is 4.28. The second kappa shape index (κ2) is 7.31. The van der Waals surface area contributed by atoms with Crippen LogP contribution in [0.1, 0.15) is 42.4 Å². The number of fused-ring (bicyclic) bond motifs is 1. The largest absolute Gasteiger partial charge is 0.444 e. The van der Waals surface area contributed by atoms with E-state index in [4.69, 9.17) is 10.00 Å². The van der Waals surface area contributed by atoms with Gasteiger partial charge in [0.25, 0.3) is 5.91 Å². The molecule has 0 spiro atoms. The van der Waals surface area contributed by atoms with Crippen LogP contribution in [0.5, 0.6) is 0 Å². The Balaban J connectivity index is 1.72. The molecule has 0 saturated carbocycles. The summed E-state index contributed by atoms with van der Waals surface area (Å²) >= 11 is 0. The summed E-state index contributed by atoms with van der Waals surface area (Å²) in [4.78, 5) is 26.1. The van der Waals surface area contributed by atoms with Crippen LogP contribution in [0, 0.1) is 17.1 Å². The zero-order chi connectivity index (χ0) is 20.5. The number of halogens is 1. The molecule has 28 heavy (non-hydrogen) atoms. The van der Waals surface area contributed by atoms with Crippen LogP contribution >= 0.6 is 0 Å². The van der Waals surface area contributed by atoms with Crippen molar-refractivity contribution in [1.29, 1.82) is 5.26 Å². The molecule has 2 heterocycles. The molecule has 0 bridgehead atoms. The molecule has 1 aliphatic rings. The second-order valence-electron chi connectivity index (χ2n) is 7.41. The molecule has 0 aliphatic carbocycles. The number of aromatic nitrogens is 2. The fraction of sp³-hybridized carbons (Fsp3) is 0.368. The van der Waals surface area contributed by atoms with Crippen LogP contribution in [0.25, 0.3) is 0 Å². The molecule has 1 aromatic carbocycles. The SMILES string of the molecule is CC(C)(C)OC(=O)N1CCn2nc(NC(=O)c3cc(C#N)ccc3F)cc2C1. The Labute approximate surface area is 161 Å². The van der Waals surface area contributed by atoms with Gasteiger partial charge in [-0.1, -0.05) is 0 Å². The van der Waals surface area contributed by atoms with Crippen molar-refractivity contribution in [2.45, 2.75) is 39.5 Å². The Morgan fingerprint density at radius 3 is 2.71 bits per heavy atom. The minimum Gasteiger partial charge on any atom is -0.444 e. The van der Waals surface area contributed by atoms with E-state index < -0.39 is 23.4 Å². The van der Waals surface area contributed by atoms with Gasteiger partial charge >= 0.3 is 6.09 Å². The van der Waals surface area contributed by atoms with Crippen LogP contribution in [-0.4, -0.2) is 38.8 Å². The zero-order valence-electron chi connectivity index (χ0n) is 15.8. The van der Waals surface area contributed by atoms with Crippen LogP contribution in [0.2, 0.25) is 0 Å². The first-order valence-electron chi connectivity index (χ1n) is 8.72. The van der Waals surface area contributed by atoms with Crippen LogP contribution in [0.3, 0.4) is 0 Å². The van der Waals surface area contributed by atoms with Gasteiger partial charge in [-0.2, -0.15) is 10.4 Å². The van der Waals surface area contributed by atoms with Crippen molar-refractivity contribution >= 4 is 17.8 Å². The first kappa shape index (κ1) is 19.4. The fourth-order valence-corrected chi connectivity index (χ4v) is 2.76. The molecule has 1 aromatic heterocycles. The van der Waals surface area contributed by atoms with Gasteiger partial charge in [-0.05, 0) is 39.0 Å². The Morgan fingerprint density at radius 2 is 2.04 bits per heavy atom. The van der Waals surface area contributed by atoms with Gasteiger partial charge in [0.2, 0.25) is 0 Å². The molecule has 2 amide bonds. The predicted molar refractivity (Wildman–Crippen MR) is 97.9 cm³/mol. The molecule has 3 rings (SSSR count). The molecule has 146 valence electrons. The summed E-state index contributed by atoms with van der Waals surface area (Å²) in [6, 6.07) is 7.05. The molecule has 0 radical (unpaired) electrons. The molecule has 1 aliphatic heterocycles. The van der Waals surface area contributed by atoms with Crippen molar-refractivity contribution < 1.29 is 18.7 Å². The third-order valence-corrected chi connectivity index (χ3v) is 4.03. The van der Waals surface area contributed by atoms with Gasteiger partial charge in [0, 0.05) is 12.6 Å². The Morgan fingerprint density at radius 1 is 1.29 bits per heavy atom. The lowest BCUT2D eigenvalue weighted by molar-refractivity contribution is 0.0194. The lowest BCUT2D eigenvalue weighted by Gasteiger charge is -2.30. The Hall–Kier alpha value is -3.41. The number of rotatable bonds is 2. The van der Waals surface area contributed by atoms with E-state index in [-0.39, 0.29) is 23.5 Å². The van der Waals surface area contributed by atoms with Crippen molar-refractivity contribution in [3.8, 4) is 6.07 Å². The van der Waals surface area contributed by atoms with Gasteiger partial charge in [-0.15, -0.1) is 0 Å². The maximum atomic E-state index is 13.9. The summed E-state index contributed by atoms with van der Waals surface area (Å²) in [5, 5.41) is 15.7. The molecule has 0 atom stereocenters. The highest BCUT2D eigenvalue weighted by molar-refractivity contribution is 6.04. The van der Waals surface area contributed by atoms with Gasteiger partial charge in [-0.3, -0.25) is 9.48 Å². The quantitative estimate of drug-likeness (QED) is 0.857. The smallest absolute Gasteiger partial charge is 0.410 e. The molecule has 1 N–H and O–H groups in total. The normalized spacial score (nSPS) is 13.5. The summed E-state index contributed by atoms with van der Waals surface area (Å²) in [5.41, 5.74) is 0.0819. The average molecular weight is 385 g/mol. The maximum Gasteiger partial charge on any atom is 0.410 e. The minimum atomic E-state index is -0.725. The molecular weight excluding hydrogens is 365 g/mol. The Bertz CT molecular complexity index is 971. The summed E-state index contributed by atoms with van der Waals surface area (Å²) in [6.07, 6.45) is -0.416. The first-order valence-corrected chi connectivity index (χ1v) is 8.72. The fourth-order valence-electron chi connectivity index (χ4n) is 2.76. The van der Waals surface area contributed by atoms with Crippen LogP contribution in [0.4, 0.5) is 15.0 Å². The molecule has 9 heteroatoms. The number of nitrogens with one attached hydrogen (secondary N) is 1. The third-order valence-electron chi connectivity index (χ3n) is 4.03. The lowest BCUT2D eigenvalue weighted by atomic mass is 10.1. The maximum absolute atomic E-state index is 13.9. The second-order valence-corrected chi connectivity index (χ2v) is 7.41. The van der Waals surface area contributed by atoms with Gasteiger partial charge in [-0.25, -0.2) is 9.18 Å². The van der Waals surface area contributed by atoms with Crippen LogP contribution in [-0.2, 0) is 17.8 Å². The van der Waals surface area contributed by atoms with Gasteiger partial charge < -0.3 is 15.0 Å². The number of nitrogens with zero attached hydrogens (tertiary/aromatic N) is 4. The number of nitriles is 1. The van der Waals surface area contributed by atoms with Crippen molar-refractivity contribution in [3.63, 3.8) is 0 Å². The number of hydrogen-bond donors (Lipinski definition) is 1. The monoisotopic (exact) mass is 385 g/mol. The molecule has 0 fully saturated rings. The number of carbonyl (C=O) groups is 2. The minimum absolute atomic E-state index is 0.184. The van der Waals surface area contributed by atoms with E-state index in [1.165, 1.54) is 12.1 Å². The van der Waals surface area contributed by atoms with Gasteiger partial charge in [0.05, 0.1) is 36.0 Å². The van der Waals surface area contributed by atoms with E-state index in [9.17, 15) is 14.0 Å². The number of amides is 2. The van der Waals surface area contributed by atoms with E-state index in [0.29, 0.717) is 13.1 Å². The van der Waals surface area contributed by atoms with Crippen LogP contribution in [0.15, 0.2) is 24.3 Å². The summed E-state index contributed by atoms with van der Waals surface area (Å²) < 4.78 is 21.0. The lowest BCUT2D eigenvalue weighted by Crippen LogP contribution is -2.41. The van der Waals surface area contributed by atoms with Crippen molar-refractivity contribution in [2.24, 2.45) is 0 Å². The zero-order valence-corrected chi connectivity index (χ0v) is 15.8. The highest BCUT2D eigenvalue weighted by Crippen LogP contribution is 2.20. The highest BCUT2D eigenvalue weighted by atomic mass is 19.1. The predicted octanol–water partition coefficient (Wildman–Crippen LogP) is 2.90. The molecule has 0 unspecified atom stereocenters. The summed E-state index contributed by atoms with van der Waals surface area (Å²) in [6.45, 7) is 6.56. The van der Waals surface area contributed by atoms with Crippen molar-refractivity contribution in [3.05, 3.63) is 46.9 Å². The molecule has 0 saturated heterocycles. The van der Waals surface area contributed by atoms with E-state index in [2.05, 4.69) is 10.4 Å². The van der Waals surface area contributed by atoms with Gasteiger partial charge in [0.15, 0.2) is 5.82 Å². The summed E-state index contributed by atoms with van der Waals surface area (Å²) in [7, 11) is 0. The van der Waals surface area contributed by atoms with E-state index in [1.54, 1.807) is 36.4 Å². The first-order chi connectivity index (χ1) is 13.2. The molecule has 8 nitrogen and oxygen atoms in total. The number of carbonyl (C=O) groups excluding carboxylic acids is 2. The van der Waals surface area contributed by atoms with Gasteiger partial charge in [0.1, 0.15) is 11.4 Å². The topological polar surface area (TPSA) is 100 Å². The number of hydrogen-bond acceptors (Lipinski definition) is 5. The van der Waals surface area contributed by atoms with Crippen LogP contribution < -0.4 is 5.32 Å². The molecular formula is C19H20FN5O3. The van der Waals surface area contributed by atoms with E-state index in [1.807, 2.05) is 6.07 Å². The van der Waals surface area contributed by atoms with Crippen molar-refractivity contribution in [1.82, 2.24) is 14.7 Å². The highest BCUT2D eigenvalue weighted by Gasteiger charge is 2.27.